The average Bonchev–Trinajstić information content (AvgIpc) is 2.46. The summed E-state index contributed by atoms with van der Waals surface area (Å²) in [5.41, 5.74) is 2.01. The van der Waals surface area contributed by atoms with Crippen molar-refractivity contribution in [3.63, 3.8) is 0 Å². The smallest absolute Gasteiger partial charge is 0.167 e. The zero-order valence-corrected chi connectivity index (χ0v) is 7.29. The molecule has 0 heterocycles. The van der Waals surface area contributed by atoms with Crippen LogP contribution in [-0.2, 0) is 6.42 Å². The fourth-order valence-electron chi connectivity index (χ4n) is 1.82. The van der Waals surface area contributed by atoms with E-state index in [2.05, 4.69) is 5.92 Å². The molecule has 1 heteroatoms. The molecular weight excluding hydrogens is 160 g/mol. The maximum Gasteiger partial charge on any atom is 0.167 e. The largest absolute Gasteiger partial charge is 0.294 e. The highest BCUT2D eigenvalue weighted by Crippen LogP contribution is 2.27. The van der Waals surface area contributed by atoms with Crippen LogP contribution in [0.1, 0.15) is 22.3 Å². The van der Waals surface area contributed by atoms with Gasteiger partial charge in [0.15, 0.2) is 5.78 Å². The predicted molar refractivity (Wildman–Crippen MR) is 51.4 cm³/mol. The number of Topliss-reactive ketones (excluding diaryl/α,β-unsaturated/α-hetero) is 1. The molecule has 64 valence electrons. The first kappa shape index (κ1) is 8.07. The van der Waals surface area contributed by atoms with Crippen molar-refractivity contribution < 1.29 is 4.79 Å². The second-order valence-electron chi connectivity index (χ2n) is 3.33. The number of carbonyl (C=O) groups excluding carboxylic acids is 1. The van der Waals surface area contributed by atoms with Gasteiger partial charge >= 0.3 is 0 Å². The summed E-state index contributed by atoms with van der Waals surface area (Å²) in [6.07, 6.45) is 6.58. The third-order valence-electron chi connectivity index (χ3n) is 2.48. The Kier molecular flexibility index (Phi) is 1.90. The Hall–Kier alpha value is -1.55. The number of fused-ring (bicyclic) bond motifs is 1. The van der Waals surface area contributed by atoms with Gasteiger partial charge in [-0.2, -0.15) is 0 Å². The van der Waals surface area contributed by atoms with Gasteiger partial charge in [0.1, 0.15) is 0 Å². The van der Waals surface area contributed by atoms with Crippen molar-refractivity contribution in [1.82, 2.24) is 0 Å². The van der Waals surface area contributed by atoms with Crippen LogP contribution in [0.4, 0.5) is 0 Å². The first-order valence-corrected chi connectivity index (χ1v) is 4.38. The summed E-state index contributed by atoms with van der Waals surface area (Å²) in [5, 5.41) is 0. The van der Waals surface area contributed by atoms with Crippen LogP contribution in [0.2, 0.25) is 0 Å². The Balaban J connectivity index is 2.34. The monoisotopic (exact) mass is 170 g/mol. The van der Waals surface area contributed by atoms with Gasteiger partial charge in [0.25, 0.3) is 0 Å². The molecule has 1 aromatic rings. The molecule has 0 unspecified atom stereocenters. The van der Waals surface area contributed by atoms with Gasteiger partial charge < -0.3 is 0 Å². The Morgan fingerprint density at radius 2 is 2.23 bits per heavy atom. The van der Waals surface area contributed by atoms with Gasteiger partial charge in [-0.3, -0.25) is 4.79 Å². The van der Waals surface area contributed by atoms with Crippen molar-refractivity contribution in [2.45, 2.75) is 12.8 Å². The van der Waals surface area contributed by atoms with E-state index in [9.17, 15) is 4.79 Å². The van der Waals surface area contributed by atoms with Crippen molar-refractivity contribution >= 4 is 5.78 Å². The summed E-state index contributed by atoms with van der Waals surface area (Å²) in [6.45, 7) is 0. The minimum absolute atomic E-state index is 0.0300. The molecule has 0 bridgehead atoms. The van der Waals surface area contributed by atoms with Gasteiger partial charge in [0.2, 0.25) is 0 Å². The van der Waals surface area contributed by atoms with Crippen LogP contribution < -0.4 is 0 Å². The molecule has 0 radical (unpaired) electrons. The molecule has 2 rings (SSSR count). The molecule has 0 fully saturated rings. The van der Waals surface area contributed by atoms with E-state index < -0.39 is 0 Å². The molecule has 1 nitrogen and oxygen atoms in total. The highest BCUT2D eigenvalue weighted by molar-refractivity contribution is 6.02. The third kappa shape index (κ3) is 1.25. The lowest BCUT2D eigenvalue weighted by molar-refractivity contribution is 0.0939. The van der Waals surface area contributed by atoms with Crippen molar-refractivity contribution in [2.75, 3.05) is 0 Å². The second-order valence-corrected chi connectivity index (χ2v) is 3.33. The van der Waals surface area contributed by atoms with Crippen LogP contribution in [0.5, 0.6) is 0 Å². The molecule has 0 spiro atoms. The molecule has 1 aromatic carbocycles. The Bertz CT molecular complexity index is 384. The topological polar surface area (TPSA) is 17.1 Å². The van der Waals surface area contributed by atoms with E-state index >= 15 is 0 Å². The minimum Gasteiger partial charge on any atom is -0.294 e. The zero-order valence-electron chi connectivity index (χ0n) is 7.29. The number of ketones is 1. The summed E-state index contributed by atoms with van der Waals surface area (Å²) < 4.78 is 0. The van der Waals surface area contributed by atoms with Gasteiger partial charge in [-0.1, -0.05) is 24.3 Å². The average molecular weight is 170 g/mol. The van der Waals surface area contributed by atoms with E-state index in [1.807, 2.05) is 24.3 Å². The third-order valence-corrected chi connectivity index (χ3v) is 2.48. The summed E-state index contributed by atoms with van der Waals surface area (Å²) >= 11 is 0. The van der Waals surface area contributed by atoms with E-state index in [0.29, 0.717) is 6.42 Å². The number of carbonyl (C=O) groups is 1. The quantitative estimate of drug-likeness (QED) is 0.589. The molecule has 13 heavy (non-hydrogen) atoms. The van der Waals surface area contributed by atoms with Crippen LogP contribution in [-0.4, -0.2) is 5.78 Å². The molecule has 0 amide bonds. The SMILES string of the molecule is C#CC[C@H]1Cc2ccccc2C1=O. The van der Waals surface area contributed by atoms with Crippen molar-refractivity contribution in [3.8, 4) is 12.3 Å². The van der Waals surface area contributed by atoms with Gasteiger partial charge in [-0.05, 0) is 12.0 Å². The lowest BCUT2D eigenvalue weighted by Crippen LogP contribution is -2.07. The van der Waals surface area contributed by atoms with Crippen LogP contribution in [0.25, 0.3) is 0 Å². The lowest BCUT2D eigenvalue weighted by atomic mass is 10.0. The second kappa shape index (κ2) is 3.06. The standard InChI is InChI=1S/C12H10O/c1-2-5-10-8-9-6-3-4-7-11(9)12(10)13/h1,3-4,6-7,10H,5,8H2/t10-/m0/s1. The maximum absolute atomic E-state index is 11.7. The molecule has 0 aromatic heterocycles. The van der Waals surface area contributed by atoms with Crippen molar-refractivity contribution in [1.29, 1.82) is 0 Å². The van der Waals surface area contributed by atoms with Gasteiger partial charge in [0, 0.05) is 17.9 Å². The summed E-state index contributed by atoms with van der Waals surface area (Å²) in [6, 6.07) is 7.75. The number of terminal acetylenes is 1. The minimum atomic E-state index is 0.0300. The molecule has 0 saturated heterocycles. The molecule has 0 aliphatic heterocycles. The molecule has 1 aliphatic carbocycles. The molecule has 1 aliphatic rings. The predicted octanol–water partition coefficient (Wildman–Crippen LogP) is 2.06. The van der Waals surface area contributed by atoms with E-state index in [1.54, 1.807) is 0 Å². The molecule has 1 atom stereocenters. The normalized spacial score (nSPS) is 19.6. The molecular formula is C12H10O. The van der Waals surface area contributed by atoms with Gasteiger partial charge in [-0.15, -0.1) is 12.3 Å². The first-order chi connectivity index (χ1) is 6.33. The highest BCUT2D eigenvalue weighted by atomic mass is 16.1. The number of hydrogen-bond acceptors (Lipinski definition) is 1. The van der Waals surface area contributed by atoms with E-state index in [-0.39, 0.29) is 11.7 Å². The zero-order chi connectivity index (χ0) is 9.26. The number of benzene rings is 1. The van der Waals surface area contributed by atoms with E-state index in [1.165, 1.54) is 0 Å². The van der Waals surface area contributed by atoms with Gasteiger partial charge in [-0.25, -0.2) is 0 Å². The van der Waals surface area contributed by atoms with Crippen LogP contribution in [0, 0.1) is 18.3 Å². The Morgan fingerprint density at radius 3 is 2.92 bits per heavy atom. The van der Waals surface area contributed by atoms with Crippen LogP contribution in [0.15, 0.2) is 24.3 Å². The van der Waals surface area contributed by atoms with Crippen LogP contribution in [0.3, 0.4) is 0 Å². The van der Waals surface area contributed by atoms with Gasteiger partial charge in [0.05, 0.1) is 0 Å². The summed E-state index contributed by atoms with van der Waals surface area (Å²) in [4.78, 5) is 11.7. The molecule has 0 N–H and O–H groups in total. The first-order valence-electron chi connectivity index (χ1n) is 4.38. The van der Waals surface area contributed by atoms with Crippen molar-refractivity contribution in [2.24, 2.45) is 5.92 Å². The summed E-state index contributed by atoms with van der Waals surface area (Å²) in [5.74, 6) is 2.80. The Morgan fingerprint density at radius 1 is 1.46 bits per heavy atom. The summed E-state index contributed by atoms with van der Waals surface area (Å²) in [7, 11) is 0. The van der Waals surface area contributed by atoms with E-state index in [0.717, 1.165) is 17.5 Å². The van der Waals surface area contributed by atoms with E-state index in [4.69, 9.17) is 6.42 Å². The fraction of sp³-hybridized carbons (Fsp3) is 0.250. The fourth-order valence-corrected chi connectivity index (χ4v) is 1.82. The van der Waals surface area contributed by atoms with Crippen molar-refractivity contribution in [3.05, 3.63) is 35.4 Å². The lowest BCUT2D eigenvalue weighted by Gasteiger charge is -1.99. The number of hydrogen-bond donors (Lipinski definition) is 0. The number of rotatable bonds is 1. The maximum atomic E-state index is 11.7. The van der Waals surface area contributed by atoms with Crippen LogP contribution >= 0.6 is 0 Å². The Labute approximate surface area is 77.8 Å². The highest BCUT2D eigenvalue weighted by Gasteiger charge is 2.28. The molecule has 0 saturated carbocycles.